The summed E-state index contributed by atoms with van der Waals surface area (Å²) in [5.74, 6) is -0.439. The van der Waals surface area contributed by atoms with E-state index in [0.29, 0.717) is 18.8 Å². The first kappa shape index (κ1) is 13.4. The number of ether oxygens (including phenoxy) is 3. The second-order valence-corrected chi connectivity index (χ2v) is 4.55. The molecule has 0 N–H and O–H groups in total. The highest BCUT2D eigenvalue weighted by Crippen LogP contribution is 2.16. The van der Waals surface area contributed by atoms with Gasteiger partial charge >= 0.3 is 11.9 Å². The summed E-state index contributed by atoms with van der Waals surface area (Å²) in [6.07, 6.45) is -0.371. The maximum atomic E-state index is 11.5. The number of carbonyl (C=O) groups excluding carboxylic acids is 2. The lowest BCUT2D eigenvalue weighted by Crippen LogP contribution is -2.26. The Kier molecular flexibility index (Phi) is 4.04. The molecule has 1 aromatic rings. The zero-order chi connectivity index (χ0) is 13.8. The molecule has 5 heteroatoms. The highest BCUT2D eigenvalue weighted by atomic mass is 16.6. The monoisotopic (exact) mass is 264 g/mol. The predicted octanol–water partition coefficient (Wildman–Crippen LogP) is 1.54. The minimum atomic E-state index is -0.782. The maximum Gasteiger partial charge on any atom is 0.347 e. The molecule has 1 aliphatic heterocycles. The second-order valence-electron chi connectivity index (χ2n) is 4.55. The molecule has 0 radical (unpaired) electrons. The number of esters is 2. The van der Waals surface area contributed by atoms with E-state index in [2.05, 4.69) is 0 Å². The van der Waals surface area contributed by atoms with E-state index in [-0.39, 0.29) is 6.61 Å². The van der Waals surface area contributed by atoms with E-state index >= 15 is 0 Å². The first-order valence-corrected chi connectivity index (χ1v) is 6.12. The Morgan fingerprint density at radius 3 is 2.58 bits per heavy atom. The smallest absolute Gasteiger partial charge is 0.347 e. The summed E-state index contributed by atoms with van der Waals surface area (Å²) in [5, 5.41) is 0. The molecule has 0 aromatic heterocycles. The molecular weight excluding hydrogens is 248 g/mol. The molecule has 19 heavy (non-hydrogen) atoms. The summed E-state index contributed by atoms with van der Waals surface area (Å²) in [6, 6.07) is 5.69. The molecule has 5 nitrogen and oxygen atoms in total. The molecule has 0 spiro atoms. The average Bonchev–Trinajstić information content (AvgIpc) is 2.71. The van der Waals surface area contributed by atoms with Crippen LogP contribution in [0.4, 0.5) is 0 Å². The lowest BCUT2D eigenvalue weighted by atomic mass is 10.1. The van der Waals surface area contributed by atoms with Crippen LogP contribution in [0.5, 0.6) is 5.75 Å². The van der Waals surface area contributed by atoms with Crippen LogP contribution in [0.1, 0.15) is 17.5 Å². The van der Waals surface area contributed by atoms with E-state index in [1.807, 2.05) is 32.0 Å². The van der Waals surface area contributed by atoms with Crippen molar-refractivity contribution in [2.45, 2.75) is 26.4 Å². The summed E-state index contributed by atoms with van der Waals surface area (Å²) < 4.78 is 15.0. The van der Waals surface area contributed by atoms with Gasteiger partial charge in [-0.15, -0.1) is 0 Å². The summed E-state index contributed by atoms with van der Waals surface area (Å²) in [4.78, 5) is 22.7. The van der Waals surface area contributed by atoms with Crippen molar-refractivity contribution in [1.82, 2.24) is 0 Å². The molecule has 0 saturated carbocycles. The Bertz CT molecular complexity index is 474. The third-order valence-electron chi connectivity index (χ3n) is 2.71. The Morgan fingerprint density at radius 2 is 2.00 bits per heavy atom. The topological polar surface area (TPSA) is 61.8 Å². The lowest BCUT2D eigenvalue weighted by Gasteiger charge is -2.10. The molecule has 2 rings (SSSR count). The molecule has 1 fully saturated rings. The quantitative estimate of drug-likeness (QED) is 0.772. The number of hydrogen-bond donors (Lipinski definition) is 0. The first-order chi connectivity index (χ1) is 9.04. The van der Waals surface area contributed by atoms with Crippen LogP contribution >= 0.6 is 0 Å². The molecule has 0 unspecified atom stereocenters. The maximum absolute atomic E-state index is 11.5. The van der Waals surface area contributed by atoms with E-state index in [0.717, 1.165) is 11.1 Å². The van der Waals surface area contributed by atoms with Gasteiger partial charge in [-0.1, -0.05) is 6.07 Å². The number of aryl methyl sites for hydroxylation is 2. The minimum absolute atomic E-state index is 0.216. The van der Waals surface area contributed by atoms with Gasteiger partial charge in [0.1, 0.15) is 5.75 Å². The van der Waals surface area contributed by atoms with Crippen LogP contribution in [-0.2, 0) is 19.1 Å². The van der Waals surface area contributed by atoms with Crippen LogP contribution in [0.15, 0.2) is 18.2 Å². The Morgan fingerprint density at radius 1 is 1.32 bits per heavy atom. The van der Waals surface area contributed by atoms with Crippen LogP contribution in [-0.4, -0.2) is 31.3 Å². The molecule has 0 aliphatic carbocycles. The van der Waals surface area contributed by atoms with E-state index < -0.39 is 18.0 Å². The second kappa shape index (κ2) is 5.73. The highest BCUT2D eigenvalue weighted by molar-refractivity contribution is 5.81. The highest BCUT2D eigenvalue weighted by Gasteiger charge is 2.30. The van der Waals surface area contributed by atoms with Gasteiger partial charge in [0.05, 0.1) is 6.61 Å². The summed E-state index contributed by atoms with van der Waals surface area (Å²) in [6.45, 7) is 3.99. The summed E-state index contributed by atoms with van der Waals surface area (Å²) >= 11 is 0. The van der Waals surface area contributed by atoms with Crippen molar-refractivity contribution in [3.05, 3.63) is 29.3 Å². The van der Waals surface area contributed by atoms with Gasteiger partial charge in [-0.2, -0.15) is 0 Å². The number of cyclic esters (lactones) is 1. The van der Waals surface area contributed by atoms with Gasteiger partial charge in [-0.3, -0.25) is 0 Å². The number of rotatable bonds is 4. The van der Waals surface area contributed by atoms with E-state index in [1.54, 1.807) is 0 Å². The summed E-state index contributed by atoms with van der Waals surface area (Å²) in [5.41, 5.74) is 2.12. The zero-order valence-corrected chi connectivity index (χ0v) is 11.0. The molecule has 102 valence electrons. The SMILES string of the molecule is Cc1cc(C)cc(OCC(=O)O[C@@H]2CCOC2=O)c1. The van der Waals surface area contributed by atoms with Crippen LogP contribution in [0.2, 0.25) is 0 Å². The van der Waals surface area contributed by atoms with Gasteiger partial charge in [-0.25, -0.2) is 9.59 Å². The molecule has 0 bridgehead atoms. The largest absolute Gasteiger partial charge is 0.482 e. The van der Waals surface area contributed by atoms with Crippen LogP contribution < -0.4 is 4.74 Å². The fourth-order valence-electron chi connectivity index (χ4n) is 1.94. The van der Waals surface area contributed by atoms with E-state index in [4.69, 9.17) is 14.2 Å². The third-order valence-corrected chi connectivity index (χ3v) is 2.71. The number of carbonyl (C=O) groups is 2. The Balaban J connectivity index is 1.84. The first-order valence-electron chi connectivity index (χ1n) is 6.12. The van der Waals surface area contributed by atoms with Crippen LogP contribution in [0.3, 0.4) is 0 Å². The van der Waals surface area contributed by atoms with Crippen molar-refractivity contribution in [3.8, 4) is 5.75 Å². The lowest BCUT2D eigenvalue weighted by molar-refractivity contribution is -0.161. The van der Waals surface area contributed by atoms with Gasteiger partial charge in [0.15, 0.2) is 6.61 Å². The third kappa shape index (κ3) is 3.71. The van der Waals surface area contributed by atoms with Gasteiger partial charge in [0.25, 0.3) is 0 Å². The molecule has 1 heterocycles. The van der Waals surface area contributed by atoms with Gasteiger partial charge in [0.2, 0.25) is 6.10 Å². The fraction of sp³-hybridized carbons (Fsp3) is 0.429. The molecule has 1 atom stereocenters. The van der Waals surface area contributed by atoms with Gasteiger partial charge < -0.3 is 14.2 Å². The minimum Gasteiger partial charge on any atom is -0.482 e. The van der Waals surface area contributed by atoms with Crippen molar-refractivity contribution < 1.29 is 23.8 Å². The van der Waals surface area contributed by atoms with Crippen molar-refractivity contribution in [2.75, 3.05) is 13.2 Å². The van der Waals surface area contributed by atoms with Gasteiger partial charge in [-0.05, 0) is 37.1 Å². The predicted molar refractivity (Wildman–Crippen MR) is 66.9 cm³/mol. The Hall–Kier alpha value is -2.04. The Labute approximate surface area is 111 Å². The van der Waals surface area contributed by atoms with E-state index in [9.17, 15) is 9.59 Å². The van der Waals surface area contributed by atoms with Crippen molar-refractivity contribution in [1.29, 1.82) is 0 Å². The standard InChI is InChI=1S/C14H16O5/c1-9-5-10(2)7-11(6-9)18-8-13(15)19-12-3-4-17-14(12)16/h5-7,12H,3-4,8H2,1-2H3/t12-/m1/s1. The number of hydrogen-bond acceptors (Lipinski definition) is 5. The van der Waals surface area contributed by atoms with Crippen LogP contribution in [0.25, 0.3) is 0 Å². The van der Waals surface area contributed by atoms with Crippen molar-refractivity contribution in [2.24, 2.45) is 0 Å². The van der Waals surface area contributed by atoms with Gasteiger partial charge in [0, 0.05) is 6.42 Å². The fourth-order valence-corrected chi connectivity index (χ4v) is 1.94. The molecule has 1 saturated heterocycles. The normalized spacial score (nSPS) is 18.0. The van der Waals surface area contributed by atoms with Crippen molar-refractivity contribution in [3.63, 3.8) is 0 Å². The summed E-state index contributed by atoms with van der Waals surface area (Å²) in [7, 11) is 0. The van der Waals surface area contributed by atoms with E-state index in [1.165, 1.54) is 0 Å². The molecule has 0 amide bonds. The average molecular weight is 264 g/mol. The molecule has 1 aliphatic rings. The zero-order valence-electron chi connectivity index (χ0n) is 11.0. The van der Waals surface area contributed by atoms with Crippen molar-refractivity contribution >= 4 is 11.9 Å². The number of benzene rings is 1. The van der Waals surface area contributed by atoms with Crippen LogP contribution in [0, 0.1) is 13.8 Å². The molecular formula is C14H16O5. The molecule has 1 aromatic carbocycles.